The van der Waals surface area contributed by atoms with E-state index in [-0.39, 0.29) is 49.1 Å². The summed E-state index contributed by atoms with van der Waals surface area (Å²) >= 11 is 1.57. The molecule has 3 aromatic carbocycles. The van der Waals surface area contributed by atoms with Gasteiger partial charge in [0.1, 0.15) is 12.1 Å². The molecule has 5 aromatic rings. The van der Waals surface area contributed by atoms with Crippen molar-refractivity contribution in [1.29, 1.82) is 0 Å². The number of carbonyl (C=O) groups excluding carboxylic acids is 5. The third-order valence-electron chi connectivity index (χ3n) is 16.8. The van der Waals surface area contributed by atoms with Crippen molar-refractivity contribution in [3.8, 4) is 21.6 Å². The van der Waals surface area contributed by atoms with Gasteiger partial charge in [0.2, 0.25) is 29.2 Å². The Hall–Kier alpha value is -6.98. The molecule has 22 heteroatoms. The van der Waals surface area contributed by atoms with Crippen LogP contribution in [0.1, 0.15) is 131 Å². The fourth-order valence-electron chi connectivity index (χ4n) is 11.6. The number of amides is 5. The van der Waals surface area contributed by atoms with Gasteiger partial charge in [0.15, 0.2) is 0 Å². The molecule has 5 heterocycles. The van der Waals surface area contributed by atoms with Gasteiger partial charge in [-0.05, 0) is 85.2 Å². The number of benzene rings is 3. The molecular formula is C65H86F3N11O7S. The van der Waals surface area contributed by atoms with Crippen LogP contribution in [-0.4, -0.2) is 161 Å². The van der Waals surface area contributed by atoms with Crippen molar-refractivity contribution < 1.29 is 42.3 Å². The number of hydrogen-bond acceptors (Lipinski definition) is 13. The molecule has 470 valence electrons. The average Bonchev–Trinajstić information content (AvgIpc) is 2.58. The number of likely N-dealkylation sites (tertiary alicyclic amines) is 1. The van der Waals surface area contributed by atoms with E-state index >= 15 is 0 Å². The van der Waals surface area contributed by atoms with Gasteiger partial charge >= 0.3 is 6.18 Å². The monoisotopic (exact) mass is 1220 g/mol. The lowest BCUT2D eigenvalue weighted by atomic mass is 9.85. The first kappa shape index (κ1) is 66.0. The number of aromatic nitrogens is 2. The predicted molar refractivity (Wildman–Crippen MR) is 334 cm³/mol. The Morgan fingerprint density at radius 2 is 1.43 bits per heavy atom. The van der Waals surface area contributed by atoms with Gasteiger partial charge in [-0.25, -0.2) is 4.98 Å². The van der Waals surface area contributed by atoms with Gasteiger partial charge in [0.25, 0.3) is 5.91 Å². The van der Waals surface area contributed by atoms with Gasteiger partial charge in [-0.15, -0.1) is 11.3 Å². The van der Waals surface area contributed by atoms with Gasteiger partial charge in [-0.1, -0.05) is 101 Å². The van der Waals surface area contributed by atoms with Gasteiger partial charge in [-0.3, -0.25) is 38.6 Å². The van der Waals surface area contributed by atoms with E-state index in [4.69, 9.17) is 0 Å². The molecule has 18 nitrogen and oxygen atoms in total. The summed E-state index contributed by atoms with van der Waals surface area (Å²) < 4.78 is 41.9. The number of aliphatic hydroxyl groups is 1. The molecule has 0 saturated carbocycles. The first-order valence-electron chi connectivity index (χ1n) is 30.6. The first-order valence-corrected chi connectivity index (χ1v) is 31.5. The number of pyridine rings is 1. The van der Waals surface area contributed by atoms with Crippen LogP contribution in [0.5, 0.6) is 0 Å². The lowest BCUT2D eigenvalue weighted by molar-refractivity contribution is -0.144. The zero-order valence-corrected chi connectivity index (χ0v) is 51.9. The smallest absolute Gasteiger partial charge is 0.391 e. The number of unbranched alkanes of at least 4 members (excludes halogenated alkanes) is 6. The second-order valence-corrected chi connectivity index (χ2v) is 25.5. The minimum Gasteiger partial charge on any atom is -0.391 e. The number of nitrogens with one attached hydrogen (secondary N) is 5. The Labute approximate surface area is 512 Å². The maximum absolute atomic E-state index is 14.1. The van der Waals surface area contributed by atoms with Crippen molar-refractivity contribution >= 4 is 52.2 Å². The van der Waals surface area contributed by atoms with E-state index in [1.807, 2.05) is 95.7 Å². The number of likely N-dealkylation sites (N-methyl/N-ethyl adjacent to an activating group) is 1. The number of aliphatic hydroxyl groups excluding tert-OH is 1. The molecule has 0 spiro atoms. The van der Waals surface area contributed by atoms with Crippen molar-refractivity contribution in [1.82, 2.24) is 45.5 Å². The van der Waals surface area contributed by atoms with Crippen LogP contribution < -0.4 is 31.7 Å². The van der Waals surface area contributed by atoms with Gasteiger partial charge < -0.3 is 46.1 Å². The topological polar surface area (TPSA) is 216 Å². The lowest BCUT2D eigenvalue weighted by Gasteiger charge is -2.35. The summed E-state index contributed by atoms with van der Waals surface area (Å²) in [7, 11) is 2.02. The number of hydrogen-bond donors (Lipinski definition) is 6. The third-order valence-corrected chi connectivity index (χ3v) is 17.8. The second kappa shape index (κ2) is 30.3. The van der Waals surface area contributed by atoms with Crippen LogP contribution in [0.3, 0.4) is 0 Å². The summed E-state index contributed by atoms with van der Waals surface area (Å²) in [5.41, 5.74) is 5.01. The highest BCUT2D eigenvalue weighted by atomic mass is 32.1. The van der Waals surface area contributed by atoms with Crippen LogP contribution in [-0.2, 0) is 31.9 Å². The molecule has 3 aliphatic rings. The van der Waals surface area contributed by atoms with E-state index in [0.717, 1.165) is 135 Å². The molecule has 6 N–H and O–H groups in total. The number of alkyl halides is 3. The fraction of sp³-hybridized carbons (Fsp3) is 0.523. The largest absolute Gasteiger partial charge is 0.417 e. The van der Waals surface area contributed by atoms with Crippen molar-refractivity contribution in [2.24, 2.45) is 5.41 Å². The fourth-order valence-corrected chi connectivity index (χ4v) is 12.5. The number of rotatable bonds is 25. The van der Waals surface area contributed by atoms with Crippen molar-refractivity contribution in [2.75, 3.05) is 89.3 Å². The number of β-amino-alcohol motifs (C(OH)–C–C–N with tert-alkyl or cyclic N) is 1. The molecule has 87 heavy (non-hydrogen) atoms. The standard InChI is InChI=1S/C65H86F3N11O7S/c1-43(46-19-21-47(22-20-46)59-44(2)71-42-87-59)72-62(85)55-37-50(80)41-79(55)63(86)60(64(3,4)5)74-57(82)18-13-11-9-7-8-10-12-17-56(81)69-25-26-76-29-31-77(32-30-76)40-45-15-14-16-48(35-45)49-23-24-54(78-33-27-75(6)28-34-78)53(36-49)73-61(84)51-39-70-58(83)38-52(51)65(66,67)68/h14-16,19-24,35-36,38-39,42-43,50,55,60,80H,7-13,17-18,25-34,37,40-41H2,1-6H3,(H,69,81)(H,70,83)(H,72,85)(H,73,84)(H,74,82)/t43-,50+,55-,60+/m0/s1. The molecular weight excluding hydrogens is 1140 g/mol. The number of piperazine rings is 2. The molecule has 3 fully saturated rings. The highest BCUT2D eigenvalue weighted by Crippen LogP contribution is 2.36. The lowest BCUT2D eigenvalue weighted by Crippen LogP contribution is -2.57. The molecule has 0 unspecified atom stereocenters. The maximum Gasteiger partial charge on any atom is 0.417 e. The van der Waals surface area contributed by atoms with Crippen LogP contribution in [0.25, 0.3) is 21.6 Å². The number of thiazole rings is 1. The Morgan fingerprint density at radius 3 is 2.08 bits per heavy atom. The highest BCUT2D eigenvalue weighted by Gasteiger charge is 2.45. The Morgan fingerprint density at radius 1 is 0.782 bits per heavy atom. The maximum atomic E-state index is 14.1. The van der Waals surface area contributed by atoms with E-state index in [2.05, 4.69) is 63.0 Å². The van der Waals surface area contributed by atoms with Gasteiger partial charge in [0.05, 0.1) is 50.7 Å². The van der Waals surface area contributed by atoms with Crippen LogP contribution in [0, 0.1) is 12.3 Å². The first-order chi connectivity index (χ1) is 41.5. The molecule has 3 saturated heterocycles. The molecule has 3 aliphatic heterocycles. The SMILES string of the molecule is Cc1ncsc1-c1ccc([C@H](C)NC(=O)[C@@H]2C[C@@H](O)CN2C(=O)[C@@H](NC(=O)CCCCCCCCCC(=O)NCCN2CCN(Cc3cccc(-c4ccc(N5CCN(C)CC5)c(NC(=O)c5c[nH]c(=O)cc5C(F)(F)F)c4)c3)CC2)C(C)(C)C)cc1. The summed E-state index contributed by atoms with van der Waals surface area (Å²) in [5, 5.41) is 22.5. The average molecular weight is 1220 g/mol. The van der Waals surface area contributed by atoms with Gasteiger partial charge in [0, 0.05) is 110 Å². The normalized spacial score (nSPS) is 17.9. The number of anilines is 2. The Kier molecular flexibility index (Phi) is 23.0. The van der Waals surface area contributed by atoms with E-state index in [0.29, 0.717) is 49.9 Å². The van der Waals surface area contributed by atoms with E-state index in [1.165, 1.54) is 4.90 Å². The van der Waals surface area contributed by atoms with Crippen LogP contribution >= 0.6 is 11.3 Å². The van der Waals surface area contributed by atoms with Crippen LogP contribution in [0.15, 0.2) is 89.3 Å². The molecule has 2 aromatic heterocycles. The number of nitrogens with zero attached hydrogens (tertiary/aromatic N) is 6. The predicted octanol–water partition coefficient (Wildman–Crippen LogP) is 8.61. The summed E-state index contributed by atoms with van der Waals surface area (Å²) in [6, 6.07) is 20.0. The van der Waals surface area contributed by atoms with E-state index in [9.17, 15) is 47.0 Å². The minimum atomic E-state index is -4.90. The summed E-state index contributed by atoms with van der Waals surface area (Å²) in [6.07, 6.45) is 2.11. The quantitative estimate of drug-likeness (QED) is 0.0303. The highest BCUT2D eigenvalue weighted by molar-refractivity contribution is 7.13. The zero-order chi connectivity index (χ0) is 62.4. The van der Waals surface area contributed by atoms with E-state index < -0.39 is 52.4 Å². The van der Waals surface area contributed by atoms with Crippen molar-refractivity contribution in [3.05, 3.63) is 123 Å². The minimum absolute atomic E-state index is 0.00669. The summed E-state index contributed by atoms with van der Waals surface area (Å²) in [5.74, 6) is -1.89. The summed E-state index contributed by atoms with van der Waals surface area (Å²) in [6.45, 7) is 17.9. The molecule has 5 amide bonds. The Balaban J connectivity index is 0.694. The van der Waals surface area contributed by atoms with Crippen LogP contribution in [0.2, 0.25) is 0 Å². The number of halogens is 3. The second-order valence-electron chi connectivity index (χ2n) is 24.6. The number of carbonyl (C=O) groups is 5. The van der Waals surface area contributed by atoms with E-state index in [1.54, 1.807) is 17.4 Å². The third kappa shape index (κ3) is 18.5. The molecule has 0 aliphatic carbocycles. The number of H-pyrrole nitrogens is 1. The molecule has 8 rings (SSSR count). The molecule has 4 atom stereocenters. The molecule has 0 radical (unpaired) electrons. The number of aryl methyl sites for hydroxylation is 1. The summed E-state index contributed by atoms with van der Waals surface area (Å²) in [4.78, 5) is 97.3. The van der Waals surface area contributed by atoms with Gasteiger partial charge in [-0.2, -0.15) is 13.2 Å². The molecule has 0 bridgehead atoms. The van der Waals surface area contributed by atoms with Crippen LogP contribution in [0.4, 0.5) is 24.5 Å². The number of aromatic amines is 1. The zero-order valence-electron chi connectivity index (χ0n) is 51.1. The Bertz CT molecular complexity index is 3210. The van der Waals surface area contributed by atoms with Crippen molar-refractivity contribution in [3.63, 3.8) is 0 Å². The van der Waals surface area contributed by atoms with Crippen molar-refractivity contribution in [2.45, 2.75) is 136 Å².